The van der Waals surface area contributed by atoms with Crippen molar-refractivity contribution in [3.63, 3.8) is 0 Å². The van der Waals surface area contributed by atoms with Crippen molar-refractivity contribution in [1.82, 2.24) is 28.8 Å². The maximum Gasteiger partial charge on any atom is 0.306 e. The molecular formula is C17H24N6O5S. The van der Waals surface area contributed by atoms with E-state index in [0.29, 0.717) is 12.2 Å². The van der Waals surface area contributed by atoms with Gasteiger partial charge in [-0.2, -0.15) is 14.4 Å². The first-order chi connectivity index (χ1) is 13.7. The summed E-state index contributed by atoms with van der Waals surface area (Å²) in [6.07, 6.45) is 3.10. The van der Waals surface area contributed by atoms with Crippen molar-refractivity contribution in [2.24, 2.45) is 0 Å². The number of hydrogen-bond donors (Lipinski definition) is 0. The summed E-state index contributed by atoms with van der Waals surface area (Å²) in [5.41, 5.74) is 2.52. The Morgan fingerprint density at radius 1 is 1.17 bits per heavy atom. The topological polar surface area (TPSA) is 127 Å². The Balaban J connectivity index is 1.48. The third kappa shape index (κ3) is 4.88. The lowest BCUT2D eigenvalue weighted by atomic mass is 10.1. The molecule has 0 unspecified atom stereocenters. The van der Waals surface area contributed by atoms with Gasteiger partial charge in [0.05, 0.1) is 6.26 Å². The molecule has 0 radical (unpaired) electrons. The molecule has 1 saturated heterocycles. The van der Waals surface area contributed by atoms with E-state index in [1.165, 1.54) is 15.5 Å². The van der Waals surface area contributed by atoms with Crippen molar-refractivity contribution < 1.29 is 22.7 Å². The molecule has 1 fully saturated rings. The molecule has 0 aromatic carbocycles. The minimum atomic E-state index is -3.26. The van der Waals surface area contributed by atoms with Crippen LogP contribution in [-0.2, 0) is 30.8 Å². The lowest BCUT2D eigenvalue weighted by Crippen LogP contribution is -2.51. The van der Waals surface area contributed by atoms with Gasteiger partial charge in [-0.25, -0.2) is 17.9 Å². The minimum Gasteiger partial charge on any atom is -0.456 e. The normalized spacial score (nSPS) is 15.6. The quantitative estimate of drug-likeness (QED) is 0.558. The van der Waals surface area contributed by atoms with Crippen molar-refractivity contribution in [1.29, 1.82) is 0 Å². The number of rotatable bonds is 6. The number of aryl methyl sites for hydroxylation is 2. The van der Waals surface area contributed by atoms with Gasteiger partial charge in [-0.1, -0.05) is 0 Å². The number of carbonyl (C=O) groups is 2. The highest BCUT2D eigenvalue weighted by Gasteiger charge is 2.26. The van der Waals surface area contributed by atoms with Crippen LogP contribution in [0, 0.1) is 13.8 Å². The predicted octanol–water partition coefficient (Wildman–Crippen LogP) is -0.679. The minimum absolute atomic E-state index is 0.110. The molecule has 158 valence electrons. The second kappa shape index (κ2) is 8.41. The second-order valence-electron chi connectivity index (χ2n) is 6.94. The predicted molar refractivity (Wildman–Crippen MR) is 103 cm³/mol. The van der Waals surface area contributed by atoms with Gasteiger partial charge in [0.25, 0.3) is 11.7 Å². The molecule has 2 aromatic heterocycles. The van der Waals surface area contributed by atoms with Crippen LogP contribution in [0.15, 0.2) is 6.33 Å². The molecule has 1 amide bonds. The van der Waals surface area contributed by atoms with E-state index in [-0.39, 0.29) is 45.1 Å². The van der Waals surface area contributed by atoms with Crippen molar-refractivity contribution in [2.45, 2.75) is 26.7 Å². The summed E-state index contributed by atoms with van der Waals surface area (Å²) in [6.45, 7) is 4.44. The third-order valence-electron chi connectivity index (χ3n) is 4.98. The first-order valence-corrected chi connectivity index (χ1v) is 11.1. The van der Waals surface area contributed by atoms with Crippen LogP contribution in [0.5, 0.6) is 0 Å². The summed E-state index contributed by atoms with van der Waals surface area (Å²) in [5.74, 6) is -0.303. The molecule has 2 aromatic rings. The van der Waals surface area contributed by atoms with Crippen molar-refractivity contribution in [3.05, 3.63) is 23.3 Å². The molecule has 1 aliphatic rings. The van der Waals surface area contributed by atoms with E-state index in [9.17, 15) is 18.0 Å². The summed E-state index contributed by atoms with van der Waals surface area (Å²) in [5, 5.41) is 4.11. The van der Waals surface area contributed by atoms with Gasteiger partial charge in [-0.15, -0.1) is 0 Å². The molecule has 0 N–H and O–H groups in total. The Morgan fingerprint density at radius 2 is 1.86 bits per heavy atom. The van der Waals surface area contributed by atoms with E-state index in [0.717, 1.165) is 23.2 Å². The summed E-state index contributed by atoms with van der Waals surface area (Å²) in [6, 6.07) is 0. The summed E-state index contributed by atoms with van der Waals surface area (Å²) >= 11 is 0. The SMILES string of the molecule is Cc1nc2ncnn2c(C)c1CCC(=O)OCC(=O)N1CCN(S(C)(=O)=O)CC1. The van der Waals surface area contributed by atoms with Crippen LogP contribution < -0.4 is 0 Å². The van der Waals surface area contributed by atoms with Crippen LogP contribution in [0.1, 0.15) is 23.4 Å². The lowest BCUT2D eigenvalue weighted by Gasteiger charge is -2.33. The first kappa shape index (κ1) is 21.1. The molecule has 1 aliphatic heterocycles. The number of carbonyl (C=O) groups excluding carboxylic acids is 2. The van der Waals surface area contributed by atoms with Crippen molar-refractivity contribution >= 4 is 27.7 Å². The number of ether oxygens (including phenoxy) is 1. The lowest BCUT2D eigenvalue weighted by molar-refractivity contribution is -0.152. The van der Waals surface area contributed by atoms with Gasteiger partial charge < -0.3 is 9.64 Å². The van der Waals surface area contributed by atoms with Gasteiger partial charge in [0.15, 0.2) is 6.61 Å². The molecule has 3 heterocycles. The van der Waals surface area contributed by atoms with E-state index in [1.54, 1.807) is 4.52 Å². The van der Waals surface area contributed by atoms with Crippen molar-refractivity contribution in [3.8, 4) is 0 Å². The van der Waals surface area contributed by atoms with Gasteiger partial charge in [0.1, 0.15) is 6.33 Å². The Morgan fingerprint density at radius 3 is 2.52 bits per heavy atom. The number of nitrogens with zero attached hydrogens (tertiary/aromatic N) is 6. The van der Waals surface area contributed by atoms with Crippen LogP contribution in [0.4, 0.5) is 0 Å². The molecule has 0 spiro atoms. The summed E-state index contributed by atoms with van der Waals surface area (Å²) in [4.78, 5) is 34.2. The number of hydrogen-bond acceptors (Lipinski definition) is 8. The van der Waals surface area contributed by atoms with Crippen LogP contribution in [-0.4, -0.2) is 88.1 Å². The molecule has 0 bridgehead atoms. The van der Waals surface area contributed by atoms with Crippen molar-refractivity contribution in [2.75, 3.05) is 39.0 Å². The molecule has 0 aliphatic carbocycles. The molecule has 11 nitrogen and oxygen atoms in total. The van der Waals surface area contributed by atoms with Gasteiger partial charge in [-0.3, -0.25) is 9.59 Å². The Bertz CT molecular complexity index is 1030. The average Bonchev–Trinajstić information content (AvgIpc) is 3.14. The number of amides is 1. The van der Waals surface area contributed by atoms with Crippen LogP contribution in [0.25, 0.3) is 5.78 Å². The molecule has 3 rings (SSSR count). The second-order valence-corrected chi connectivity index (χ2v) is 8.92. The fraction of sp³-hybridized carbons (Fsp3) is 0.588. The highest BCUT2D eigenvalue weighted by atomic mass is 32.2. The number of piperazine rings is 1. The molecule has 12 heteroatoms. The molecule has 0 atom stereocenters. The van der Waals surface area contributed by atoms with Crippen LogP contribution in [0.2, 0.25) is 0 Å². The summed E-state index contributed by atoms with van der Waals surface area (Å²) in [7, 11) is -3.26. The fourth-order valence-electron chi connectivity index (χ4n) is 3.32. The van der Waals surface area contributed by atoms with Gasteiger partial charge in [0, 0.05) is 44.0 Å². The fourth-order valence-corrected chi connectivity index (χ4v) is 4.15. The molecule has 29 heavy (non-hydrogen) atoms. The van der Waals surface area contributed by atoms with Crippen LogP contribution >= 0.6 is 0 Å². The highest BCUT2D eigenvalue weighted by Crippen LogP contribution is 2.15. The van der Waals surface area contributed by atoms with E-state index in [2.05, 4.69) is 15.1 Å². The Hall–Kier alpha value is -2.60. The highest BCUT2D eigenvalue weighted by molar-refractivity contribution is 7.88. The van der Waals surface area contributed by atoms with E-state index in [1.807, 2.05) is 13.8 Å². The van der Waals surface area contributed by atoms with Gasteiger partial charge in [0.2, 0.25) is 10.0 Å². The largest absolute Gasteiger partial charge is 0.456 e. The zero-order valence-corrected chi connectivity index (χ0v) is 17.5. The number of aromatic nitrogens is 4. The monoisotopic (exact) mass is 424 g/mol. The van der Waals surface area contributed by atoms with Gasteiger partial charge >= 0.3 is 5.97 Å². The average molecular weight is 424 g/mol. The first-order valence-electron chi connectivity index (χ1n) is 9.21. The maximum atomic E-state index is 12.2. The standard InChI is InChI=1S/C17H24N6O5S/c1-12-14(13(2)23-17(20-12)18-11-19-23)4-5-16(25)28-10-15(24)21-6-8-22(9-7-21)29(3,26)27/h11H,4-10H2,1-3H3. The van der Waals surface area contributed by atoms with E-state index < -0.39 is 16.0 Å². The smallest absolute Gasteiger partial charge is 0.306 e. The number of esters is 1. The Kier molecular flexibility index (Phi) is 6.13. The number of fused-ring (bicyclic) bond motifs is 1. The van der Waals surface area contributed by atoms with Gasteiger partial charge in [-0.05, 0) is 25.8 Å². The zero-order chi connectivity index (χ0) is 21.2. The zero-order valence-electron chi connectivity index (χ0n) is 16.7. The van der Waals surface area contributed by atoms with E-state index >= 15 is 0 Å². The van der Waals surface area contributed by atoms with E-state index in [4.69, 9.17) is 4.74 Å². The molecular weight excluding hydrogens is 400 g/mol. The maximum absolute atomic E-state index is 12.2. The van der Waals surface area contributed by atoms with Crippen LogP contribution in [0.3, 0.4) is 0 Å². The third-order valence-corrected chi connectivity index (χ3v) is 6.29. The Labute approximate surface area is 168 Å². The summed E-state index contributed by atoms with van der Waals surface area (Å²) < 4.78 is 31.1. The molecule has 0 saturated carbocycles. The number of sulfonamides is 1.